The summed E-state index contributed by atoms with van der Waals surface area (Å²) in [6.07, 6.45) is 0.452. The van der Waals surface area contributed by atoms with Crippen molar-refractivity contribution in [2.45, 2.75) is 26.8 Å². The van der Waals surface area contributed by atoms with Crippen molar-refractivity contribution in [1.29, 1.82) is 0 Å². The second kappa shape index (κ2) is 10.1. The van der Waals surface area contributed by atoms with Crippen LogP contribution in [0.15, 0.2) is 83.7 Å². The maximum Gasteiger partial charge on any atom is 0.277 e. The van der Waals surface area contributed by atoms with Crippen molar-refractivity contribution >= 4 is 17.6 Å². The molecule has 8 heteroatoms. The molecule has 0 saturated carbocycles. The number of ether oxygens (including phenoxy) is 1. The minimum atomic E-state index is -0.267. The number of carbonyl (C=O) groups excluding carboxylic acids is 1. The zero-order valence-electron chi connectivity index (χ0n) is 20.9. The third-order valence-electron chi connectivity index (χ3n) is 6.31. The summed E-state index contributed by atoms with van der Waals surface area (Å²) in [6.45, 7) is 4.08. The zero-order valence-corrected chi connectivity index (χ0v) is 20.9. The monoisotopic (exact) mass is 493 g/mol. The number of hydrogen-bond donors (Lipinski definition) is 1. The Labute approximate surface area is 214 Å². The average molecular weight is 494 g/mol. The highest BCUT2D eigenvalue weighted by molar-refractivity contribution is 6.05. The number of amides is 1. The molecule has 3 aromatic carbocycles. The quantitative estimate of drug-likeness (QED) is 0.361. The normalized spacial score (nSPS) is 11.0. The number of H-pyrrole nitrogens is 1. The molecule has 0 bridgehead atoms. The lowest BCUT2D eigenvalue weighted by atomic mass is 10.1. The van der Waals surface area contributed by atoms with E-state index in [0.29, 0.717) is 29.0 Å². The number of nitrogens with one attached hydrogen (secondary N) is 1. The summed E-state index contributed by atoms with van der Waals surface area (Å²) >= 11 is 0. The molecule has 0 aliphatic carbocycles. The Morgan fingerprint density at radius 2 is 1.62 bits per heavy atom. The second-order valence-corrected chi connectivity index (χ2v) is 8.93. The second-order valence-electron chi connectivity index (χ2n) is 8.93. The number of carbonyl (C=O) groups is 1. The van der Waals surface area contributed by atoms with Crippen molar-refractivity contribution in [3.05, 3.63) is 123 Å². The zero-order chi connectivity index (χ0) is 25.9. The van der Waals surface area contributed by atoms with Gasteiger partial charge in [-0.15, -0.1) is 0 Å². The molecule has 0 unspecified atom stereocenters. The first-order valence-electron chi connectivity index (χ1n) is 12.0. The highest BCUT2D eigenvalue weighted by Crippen LogP contribution is 2.20. The molecule has 1 N–H and O–H groups in total. The molecule has 0 fully saturated rings. The summed E-state index contributed by atoms with van der Waals surface area (Å²) < 4.78 is 6.54. The SMILES string of the molecule is COc1ccc(C(=O)N(Cc2ccc(C)cc2)c2nc3nc(C)c(Cc4ccccc4)c(=O)n3[nH]2)cc1. The Balaban J connectivity index is 1.57. The fourth-order valence-electron chi connectivity index (χ4n) is 4.18. The molecule has 8 nitrogen and oxygen atoms in total. The molecular weight excluding hydrogens is 466 g/mol. The van der Waals surface area contributed by atoms with E-state index >= 15 is 0 Å². The van der Waals surface area contributed by atoms with Gasteiger partial charge in [-0.25, -0.2) is 4.98 Å². The van der Waals surface area contributed by atoms with Gasteiger partial charge >= 0.3 is 0 Å². The van der Waals surface area contributed by atoms with Crippen molar-refractivity contribution in [2.24, 2.45) is 0 Å². The van der Waals surface area contributed by atoms with E-state index in [1.165, 1.54) is 9.42 Å². The fraction of sp³-hybridized carbons (Fsp3) is 0.172. The number of methoxy groups -OCH3 is 1. The van der Waals surface area contributed by atoms with Gasteiger partial charge in [-0.05, 0) is 49.2 Å². The smallest absolute Gasteiger partial charge is 0.277 e. The molecule has 2 aromatic heterocycles. The Morgan fingerprint density at radius 1 is 0.919 bits per heavy atom. The minimum Gasteiger partial charge on any atom is -0.497 e. The van der Waals surface area contributed by atoms with Crippen LogP contribution in [0.4, 0.5) is 5.95 Å². The highest BCUT2D eigenvalue weighted by atomic mass is 16.5. The first-order chi connectivity index (χ1) is 17.9. The summed E-state index contributed by atoms with van der Waals surface area (Å²) in [7, 11) is 1.58. The number of anilines is 1. The third-order valence-corrected chi connectivity index (χ3v) is 6.31. The third kappa shape index (κ3) is 4.99. The van der Waals surface area contributed by atoms with E-state index in [-0.39, 0.29) is 29.7 Å². The first-order valence-corrected chi connectivity index (χ1v) is 12.0. The van der Waals surface area contributed by atoms with E-state index in [2.05, 4.69) is 15.1 Å². The summed E-state index contributed by atoms with van der Waals surface area (Å²) in [6, 6.07) is 24.6. The Morgan fingerprint density at radius 3 is 2.30 bits per heavy atom. The van der Waals surface area contributed by atoms with Gasteiger partial charge in [0, 0.05) is 17.5 Å². The van der Waals surface area contributed by atoms with Crippen molar-refractivity contribution in [3.8, 4) is 5.75 Å². The largest absolute Gasteiger partial charge is 0.497 e. The Bertz CT molecular complexity index is 1600. The highest BCUT2D eigenvalue weighted by Gasteiger charge is 2.23. The number of benzene rings is 3. The maximum absolute atomic E-state index is 13.7. The van der Waals surface area contributed by atoms with Crippen molar-refractivity contribution in [3.63, 3.8) is 0 Å². The van der Waals surface area contributed by atoms with Gasteiger partial charge in [0.05, 0.1) is 19.3 Å². The van der Waals surface area contributed by atoms with Crippen LogP contribution in [0.2, 0.25) is 0 Å². The number of aromatic nitrogens is 4. The lowest BCUT2D eigenvalue weighted by Crippen LogP contribution is -2.31. The Kier molecular flexibility index (Phi) is 6.55. The van der Waals surface area contributed by atoms with Crippen LogP contribution in [-0.4, -0.2) is 32.6 Å². The molecule has 5 aromatic rings. The molecule has 0 radical (unpaired) electrons. The molecule has 0 atom stereocenters. The standard InChI is InChI=1S/C29H27N5O3/c1-19-9-11-22(12-10-19)18-33(26(35)23-13-15-24(37-3)16-14-23)29-31-28-30-20(2)25(27(36)34(28)32-29)17-21-7-5-4-6-8-21/h4-16H,17-18H2,1-3H3,(H,30,31,32). The summed E-state index contributed by atoms with van der Waals surface area (Å²) in [5.41, 5.74) is 4.47. The average Bonchev–Trinajstić information content (AvgIpc) is 3.35. The number of rotatable bonds is 7. The van der Waals surface area contributed by atoms with Crippen LogP contribution in [0, 0.1) is 13.8 Å². The van der Waals surface area contributed by atoms with E-state index < -0.39 is 0 Å². The van der Waals surface area contributed by atoms with Crippen LogP contribution in [0.25, 0.3) is 5.78 Å². The van der Waals surface area contributed by atoms with Gasteiger partial charge in [-0.1, -0.05) is 60.2 Å². The lowest BCUT2D eigenvalue weighted by molar-refractivity contribution is 0.0983. The molecule has 2 heterocycles. The topological polar surface area (TPSA) is 92.6 Å². The predicted octanol–water partition coefficient (Wildman–Crippen LogP) is 4.48. The van der Waals surface area contributed by atoms with Gasteiger partial charge < -0.3 is 4.74 Å². The van der Waals surface area contributed by atoms with Gasteiger partial charge in [-0.2, -0.15) is 9.50 Å². The van der Waals surface area contributed by atoms with Crippen LogP contribution in [0.3, 0.4) is 0 Å². The van der Waals surface area contributed by atoms with E-state index in [0.717, 1.165) is 16.7 Å². The lowest BCUT2D eigenvalue weighted by Gasteiger charge is -2.20. The summed E-state index contributed by atoms with van der Waals surface area (Å²) in [5, 5.41) is 3.03. The molecule has 5 rings (SSSR count). The van der Waals surface area contributed by atoms with E-state index in [9.17, 15) is 9.59 Å². The van der Waals surface area contributed by atoms with Gasteiger partial charge in [0.25, 0.3) is 17.2 Å². The molecule has 0 spiro atoms. The molecule has 0 aliphatic heterocycles. The van der Waals surface area contributed by atoms with E-state index in [4.69, 9.17) is 4.74 Å². The fourth-order valence-corrected chi connectivity index (χ4v) is 4.18. The molecule has 186 valence electrons. The first kappa shape index (κ1) is 24.0. The number of aryl methyl sites for hydroxylation is 2. The molecular formula is C29H27N5O3. The number of aromatic amines is 1. The number of fused-ring (bicyclic) bond motifs is 1. The van der Waals surface area contributed by atoms with E-state index in [1.807, 2.05) is 61.5 Å². The molecule has 0 aliphatic rings. The molecule has 37 heavy (non-hydrogen) atoms. The van der Waals surface area contributed by atoms with Gasteiger partial charge in [-0.3, -0.25) is 19.6 Å². The van der Waals surface area contributed by atoms with Crippen molar-refractivity contribution < 1.29 is 9.53 Å². The number of hydrogen-bond acceptors (Lipinski definition) is 5. The van der Waals surface area contributed by atoms with Crippen LogP contribution < -0.4 is 15.2 Å². The molecule has 0 saturated heterocycles. The summed E-state index contributed by atoms with van der Waals surface area (Å²) in [5.74, 6) is 0.840. The van der Waals surface area contributed by atoms with Gasteiger partial charge in [0.1, 0.15) is 5.75 Å². The van der Waals surface area contributed by atoms with Crippen molar-refractivity contribution in [2.75, 3.05) is 12.0 Å². The van der Waals surface area contributed by atoms with Crippen LogP contribution in [0.1, 0.15) is 38.3 Å². The number of nitrogens with zero attached hydrogens (tertiary/aromatic N) is 4. The van der Waals surface area contributed by atoms with Crippen LogP contribution in [0.5, 0.6) is 5.75 Å². The maximum atomic E-state index is 13.7. The predicted molar refractivity (Wildman–Crippen MR) is 142 cm³/mol. The van der Waals surface area contributed by atoms with Crippen LogP contribution >= 0.6 is 0 Å². The molecule has 1 amide bonds. The van der Waals surface area contributed by atoms with Gasteiger partial charge in [0.2, 0.25) is 5.95 Å². The van der Waals surface area contributed by atoms with Crippen LogP contribution in [-0.2, 0) is 13.0 Å². The van der Waals surface area contributed by atoms with Gasteiger partial charge in [0.15, 0.2) is 0 Å². The van der Waals surface area contributed by atoms with Crippen molar-refractivity contribution in [1.82, 2.24) is 19.6 Å². The summed E-state index contributed by atoms with van der Waals surface area (Å²) in [4.78, 5) is 37.7. The Hall–Kier alpha value is -4.72. The van der Waals surface area contributed by atoms with E-state index in [1.54, 1.807) is 38.3 Å². The minimum absolute atomic E-state index is 0.214.